The van der Waals surface area contributed by atoms with Gasteiger partial charge >= 0.3 is 0 Å². The van der Waals surface area contributed by atoms with Gasteiger partial charge in [0, 0.05) is 6.54 Å². The van der Waals surface area contributed by atoms with Gasteiger partial charge in [0.2, 0.25) is 0 Å². The van der Waals surface area contributed by atoms with Crippen molar-refractivity contribution in [3.63, 3.8) is 0 Å². The fraction of sp³-hybridized carbons (Fsp3) is 0.600. The topological polar surface area (TPSA) is 41.9 Å². The largest absolute Gasteiger partial charge is 0.395 e. The fourth-order valence-corrected chi connectivity index (χ4v) is 0.556. The first kappa shape index (κ1) is 6.54. The maximum absolute atomic E-state index is 8.42. The Morgan fingerprint density at radius 3 is 3.11 bits per heavy atom. The summed E-state index contributed by atoms with van der Waals surface area (Å²) in [7, 11) is 0. The molecular formula is C5H9NO3. The molecule has 4 heteroatoms. The first-order chi connectivity index (χ1) is 4.43. The van der Waals surface area contributed by atoms with E-state index in [1.165, 1.54) is 11.3 Å². The Morgan fingerprint density at radius 1 is 1.67 bits per heavy atom. The number of hydroxylamine groups is 2. The summed E-state index contributed by atoms with van der Waals surface area (Å²) < 4.78 is 0. The summed E-state index contributed by atoms with van der Waals surface area (Å²) in [6, 6.07) is 0. The van der Waals surface area contributed by atoms with Gasteiger partial charge in [-0.2, -0.15) is 0 Å². The zero-order valence-electron chi connectivity index (χ0n) is 4.99. The molecule has 0 aromatic heterocycles. The average Bonchev–Trinajstić information content (AvgIpc) is 1.91. The fourth-order valence-electron chi connectivity index (χ4n) is 0.556. The molecule has 1 N–H and O–H groups in total. The Morgan fingerprint density at radius 2 is 2.56 bits per heavy atom. The standard InChI is InChI=1S/C5H9NO3/c7-4-3-6-2-1-5-8-9-6/h1,5,7H,2-4H2. The molecule has 0 spiro atoms. The summed E-state index contributed by atoms with van der Waals surface area (Å²) in [6.07, 6.45) is 3.27. The molecule has 9 heavy (non-hydrogen) atoms. The zero-order chi connectivity index (χ0) is 6.53. The van der Waals surface area contributed by atoms with Crippen molar-refractivity contribution in [2.75, 3.05) is 19.7 Å². The molecule has 0 saturated heterocycles. The quantitative estimate of drug-likeness (QED) is 0.521. The van der Waals surface area contributed by atoms with Crippen molar-refractivity contribution < 1.29 is 15.0 Å². The first-order valence-electron chi connectivity index (χ1n) is 2.78. The molecule has 52 valence electrons. The van der Waals surface area contributed by atoms with Gasteiger partial charge in [0.25, 0.3) is 0 Å². The van der Waals surface area contributed by atoms with E-state index >= 15 is 0 Å². The molecule has 0 fully saturated rings. The van der Waals surface area contributed by atoms with E-state index in [-0.39, 0.29) is 6.61 Å². The molecule has 0 bridgehead atoms. The number of aliphatic hydroxyl groups is 1. The van der Waals surface area contributed by atoms with Crippen LogP contribution in [0.15, 0.2) is 12.3 Å². The minimum Gasteiger partial charge on any atom is -0.395 e. The normalized spacial score (nSPS) is 19.7. The Kier molecular flexibility index (Phi) is 2.50. The van der Waals surface area contributed by atoms with E-state index in [1.54, 1.807) is 6.08 Å². The van der Waals surface area contributed by atoms with Gasteiger partial charge in [-0.25, -0.2) is 0 Å². The van der Waals surface area contributed by atoms with Gasteiger partial charge in [0.05, 0.1) is 13.2 Å². The third-order valence-corrected chi connectivity index (χ3v) is 0.959. The summed E-state index contributed by atoms with van der Waals surface area (Å²) in [5.41, 5.74) is 0. The van der Waals surface area contributed by atoms with Crippen molar-refractivity contribution in [1.82, 2.24) is 5.06 Å². The molecule has 1 heterocycles. The SMILES string of the molecule is OCCN1CC=COO1. The highest BCUT2D eigenvalue weighted by molar-refractivity contribution is 4.76. The van der Waals surface area contributed by atoms with Gasteiger partial charge in [0.15, 0.2) is 0 Å². The molecular weight excluding hydrogens is 122 g/mol. The second-order valence-electron chi connectivity index (χ2n) is 1.65. The van der Waals surface area contributed by atoms with Crippen LogP contribution in [0.2, 0.25) is 0 Å². The average molecular weight is 131 g/mol. The Labute approximate surface area is 53.2 Å². The lowest BCUT2D eigenvalue weighted by Gasteiger charge is -2.18. The molecule has 0 aliphatic carbocycles. The summed E-state index contributed by atoms with van der Waals surface area (Å²) in [4.78, 5) is 9.07. The van der Waals surface area contributed by atoms with Crippen LogP contribution in [0, 0.1) is 0 Å². The Bertz CT molecular complexity index is 104. The van der Waals surface area contributed by atoms with Crippen LogP contribution < -0.4 is 0 Å². The highest BCUT2D eigenvalue weighted by atomic mass is 17.3. The molecule has 0 saturated carbocycles. The third-order valence-electron chi connectivity index (χ3n) is 0.959. The molecule has 0 radical (unpaired) electrons. The summed E-state index contributed by atoms with van der Waals surface area (Å²) >= 11 is 0. The second kappa shape index (κ2) is 3.45. The molecule has 0 atom stereocenters. The summed E-state index contributed by atoms with van der Waals surface area (Å²) in [5.74, 6) is 0. The minimum absolute atomic E-state index is 0.0806. The van der Waals surface area contributed by atoms with Gasteiger partial charge in [-0.3, -0.25) is 0 Å². The molecule has 0 aromatic rings. The van der Waals surface area contributed by atoms with Crippen LogP contribution in [0.4, 0.5) is 0 Å². The summed E-state index contributed by atoms with van der Waals surface area (Å²) in [5, 5.41) is 9.93. The Balaban J connectivity index is 2.18. The number of nitrogens with zero attached hydrogens (tertiary/aromatic N) is 1. The van der Waals surface area contributed by atoms with E-state index < -0.39 is 0 Å². The maximum Gasteiger partial charge on any atom is 0.129 e. The minimum atomic E-state index is 0.0806. The molecule has 1 rings (SSSR count). The van der Waals surface area contributed by atoms with Gasteiger partial charge in [-0.1, -0.05) is 4.99 Å². The number of hydrogen-bond donors (Lipinski definition) is 1. The van der Waals surface area contributed by atoms with E-state index in [0.29, 0.717) is 13.1 Å². The van der Waals surface area contributed by atoms with Crippen LogP contribution in [0.3, 0.4) is 0 Å². The van der Waals surface area contributed by atoms with Crippen LogP contribution in [0.5, 0.6) is 0 Å². The highest BCUT2D eigenvalue weighted by Gasteiger charge is 2.05. The smallest absolute Gasteiger partial charge is 0.129 e. The zero-order valence-corrected chi connectivity index (χ0v) is 4.99. The predicted molar refractivity (Wildman–Crippen MR) is 30.0 cm³/mol. The monoisotopic (exact) mass is 131 g/mol. The molecule has 1 aliphatic heterocycles. The third kappa shape index (κ3) is 2.01. The van der Waals surface area contributed by atoms with Crippen molar-refractivity contribution in [1.29, 1.82) is 0 Å². The molecule has 1 aliphatic rings. The van der Waals surface area contributed by atoms with Gasteiger partial charge in [-0.15, -0.1) is 5.06 Å². The van der Waals surface area contributed by atoms with Crippen molar-refractivity contribution in [3.05, 3.63) is 12.3 Å². The van der Waals surface area contributed by atoms with Gasteiger partial charge < -0.3 is 9.99 Å². The lowest BCUT2D eigenvalue weighted by molar-refractivity contribution is -0.403. The van der Waals surface area contributed by atoms with E-state index in [1.807, 2.05) is 0 Å². The van der Waals surface area contributed by atoms with Crippen molar-refractivity contribution in [2.24, 2.45) is 0 Å². The number of rotatable bonds is 2. The van der Waals surface area contributed by atoms with Crippen LogP contribution in [0.25, 0.3) is 0 Å². The highest BCUT2D eigenvalue weighted by Crippen LogP contribution is 1.97. The lowest BCUT2D eigenvalue weighted by atomic mass is 10.5. The van der Waals surface area contributed by atoms with E-state index in [4.69, 9.17) is 5.11 Å². The first-order valence-corrected chi connectivity index (χ1v) is 2.78. The second-order valence-corrected chi connectivity index (χ2v) is 1.65. The van der Waals surface area contributed by atoms with Crippen LogP contribution in [-0.4, -0.2) is 29.9 Å². The number of hydrogen-bond acceptors (Lipinski definition) is 4. The summed E-state index contributed by atoms with van der Waals surface area (Å²) in [6.45, 7) is 1.22. The van der Waals surface area contributed by atoms with E-state index in [9.17, 15) is 0 Å². The van der Waals surface area contributed by atoms with Gasteiger partial charge in [0.1, 0.15) is 6.26 Å². The lowest BCUT2D eigenvalue weighted by Crippen LogP contribution is -2.28. The Hall–Kier alpha value is -0.580. The molecule has 0 aromatic carbocycles. The maximum atomic E-state index is 8.42. The van der Waals surface area contributed by atoms with Crippen molar-refractivity contribution >= 4 is 0 Å². The number of aliphatic hydroxyl groups excluding tert-OH is 1. The van der Waals surface area contributed by atoms with E-state index in [2.05, 4.69) is 9.88 Å². The van der Waals surface area contributed by atoms with Crippen LogP contribution in [-0.2, 0) is 9.88 Å². The number of β-amino-alcohol motifs (C(OH)–C–C–N with tert-alkyl or cyclic N) is 1. The van der Waals surface area contributed by atoms with Crippen molar-refractivity contribution in [2.45, 2.75) is 0 Å². The van der Waals surface area contributed by atoms with Gasteiger partial charge in [-0.05, 0) is 6.08 Å². The van der Waals surface area contributed by atoms with Crippen LogP contribution in [0.1, 0.15) is 0 Å². The van der Waals surface area contributed by atoms with Crippen molar-refractivity contribution in [3.8, 4) is 0 Å². The molecule has 0 amide bonds. The molecule has 4 nitrogen and oxygen atoms in total. The molecule has 0 unspecified atom stereocenters. The van der Waals surface area contributed by atoms with E-state index in [0.717, 1.165) is 0 Å². The van der Waals surface area contributed by atoms with Crippen LogP contribution >= 0.6 is 0 Å². The predicted octanol–water partition coefficient (Wildman–Crippen LogP) is -0.329.